The number of thiophene rings is 1. The molecule has 2 nitrogen and oxygen atoms in total. The highest BCUT2D eigenvalue weighted by atomic mass is 32.1. The summed E-state index contributed by atoms with van der Waals surface area (Å²) in [5.74, 6) is 0. The number of nitrogens with zero attached hydrogens (tertiary/aromatic N) is 1. The van der Waals surface area contributed by atoms with E-state index in [4.69, 9.17) is 4.42 Å². The molecule has 0 saturated heterocycles. The second-order valence-electron chi connectivity index (χ2n) is 12.9. The number of anilines is 3. The minimum atomic E-state index is 0.861. The highest BCUT2D eigenvalue weighted by Gasteiger charge is 2.24. The Morgan fingerprint density at radius 1 is 0.392 bits per heavy atom. The number of hydrogen-bond acceptors (Lipinski definition) is 3. The van der Waals surface area contributed by atoms with Gasteiger partial charge in [-0.05, 0) is 70.3 Å². The van der Waals surface area contributed by atoms with Crippen molar-refractivity contribution in [3.8, 4) is 33.4 Å². The molecule has 2 heterocycles. The molecule has 0 N–H and O–H groups in total. The largest absolute Gasteiger partial charge is 0.454 e. The third-order valence-corrected chi connectivity index (χ3v) is 11.0. The van der Waals surface area contributed by atoms with Crippen LogP contribution in [0.15, 0.2) is 192 Å². The first-order chi connectivity index (χ1) is 25.3. The van der Waals surface area contributed by atoms with Crippen LogP contribution < -0.4 is 4.90 Å². The number of hydrogen-bond donors (Lipinski definition) is 0. The zero-order valence-electron chi connectivity index (χ0n) is 27.7. The Morgan fingerprint density at radius 3 is 1.82 bits per heavy atom. The van der Waals surface area contributed by atoms with E-state index >= 15 is 0 Å². The fourth-order valence-corrected chi connectivity index (χ4v) is 8.64. The van der Waals surface area contributed by atoms with Gasteiger partial charge in [0.1, 0.15) is 5.58 Å². The van der Waals surface area contributed by atoms with Gasteiger partial charge in [0.25, 0.3) is 0 Å². The van der Waals surface area contributed by atoms with Crippen LogP contribution in [0.5, 0.6) is 0 Å². The van der Waals surface area contributed by atoms with Crippen molar-refractivity contribution in [1.29, 1.82) is 0 Å². The first-order valence-corrected chi connectivity index (χ1v) is 18.1. The molecule has 3 heteroatoms. The van der Waals surface area contributed by atoms with Crippen LogP contribution in [0.25, 0.3) is 75.5 Å². The fraction of sp³-hybridized carbons (Fsp3) is 0. The van der Waals surface area contributed by atoms with Crippen LogP contribution in [0.2, 0.25) is 0 Å². The standard InChI is InChI=1S/C48H31NOS/c1-3-13-33(14-4-1)37-17-7-10-20-42(37)49(36-26-23-32(24-27-36)35-25-28-40-39-18-9-12-22-45(39)51-46(40)31-35)43-30-29-38(34-15-5-2-6-16-34)47-41-19-8-11-21-44(41)50-48(43)47/h1-31H. The van der Waals surface area contributed by atoms with Gasteiger partial charge in [-0.25, -0.2) is 0 Å². The lowest BCUT2D eigenvalue weighted by molar-refractivity contribution is 0.669. The second kappa shape index (κ2) is 12.2. The third-order valence-electron chi connectivity index (χ3n) is 9.90. The molecule has 0 spiro atoms. The maximum Gasteiger partial charge on any atom is 0.160 e. The summed E-state index contributed by atoms with van der Waals surface area (Å²) < 4.78 is 9.46. The van der Waals surface area contributed by atoms with Gasteiger partial charge in [-0.3, -0.25) is 0 Å². The van der Waals surface area contributed by atoms with Crippen LogP contribution in [0.1, 0.15) is 0 Å². The van der Waals surface area contributed by atoms with Crippen LogP contribution in [0, 0.1) is 0 Å². The van der Waals surface area contributed by atoms with Crippen molar-refractivity contribution >= 4 is 70.5 Å². The molecule has 0 saturated carbocycles. The molecule has 0 bridgehead atoms. The molecule has 0 amide bonds. The van der Waals surface area contributed by atoms with Gasteiger partial charge in [-0.15, -0.1) is 11.3 Å². The normalized spacial score (nSPS) is 11.5. The van der Waals surface area contributed by atoms with Crippen molar-refractivity contribution < 1.29 is 4.42 Å². The summed E-state index contributed by atoms with van der Waals surface area (Å²) in [6.45, 7) is 0. The summed E-state index contributed by atoms with van der Waals surface area (Å²) in [6, 6.07) is 67.2. The topological polar surface area (TPSA) is 16.4 Å². The molecule has 0 aliphatic carbocycles. The van der Waals surface area contributed by atoms with E-state index in [1.165, 1.54) is 31.3 Å². The summed E-state index contributed by atoms with van der Waals surface area (Å²) in [7, 11) is 0. The van der Waals surface area contributed by atoms with Crippen molar-refractivity contribution in [3.05, 3.63) is 188 Å². The zero-order chi connectivity index (χ0) is 33.7. The van der Waals surface area contributed by atoms with E-state index in [1.54, 1.807) is 0 Å². The number of rotatable bonds is 6. The van der Waals surface area contributed by atoms with Crippen LogP contribution in [-0.4, -0.2) is 0 Å². The molecule has 0 aliphatic heterocycles. The molecule has 0 radical (unpaired) electrons. The number of fused-ring (bicyclic) bond motifs is 6. The van der Waals surface area contributed by atoms with Gasteiger partial charge in [0.15, 0.2) is 5.58 Å². The molecular formula is C48H31NOS. The van der Waals surface area contributed by atoms with Crippen LogP contribution in [0.3, 0.4) is 0 Å². The van der Waals surface area contributed by atoms with Crippen molar-refractivity contribution in [1.82, 2.24) is 0 Å². The van der Waals surface area contributed by atoms with E-state index in [1.807, 2.05) is 17.4 Å². The third kappa shape index (κ3) is 5.01. The van der Waals surface area contributed by atoms with E-state index in [9.17, 15) is 0 Å². The SMILES string of the molecule is c1ccc(-c2ccccc2N(c2ccc(-c3ccc4c(c3)sc3ccccc34)cc2)c2ccc(-c3ccccc3)c3c2oc2ccccc23)cc1. The molecule has 8 aromatic carbocycles. The predicted molar refractivity (Wildman–Crippen MR) is 218 cm³/mol. The summed E-state index contributed by atoms with van der Waals surface area (Å²) in [6.07, 6.45) is 0. The molecule has 0 atom stereocenters. The average molecular weight is 670 g/mol. The van der Waals surface area contributed by atoms with E-state index < -0.39 is 0 Å². The Balaban J connectivity index is 1.18. The molecular weight excluding hydrogens is 639 g/mol. The second-order valence-corrected chi connectivity index (χ2v) is 14.0. The lowest BCUT2D eigenvalue weighted by Crippen LogP contribution is -2.11. The maximum absolute atomic E-state index is 6.83. The quantitative estimate of drug-likeness (QED) is 0.175. The molecule has 10 aromatic rings. The first kappa shape index (κ1) is 29.5. The van der Waals surface area contributed by atoms with Gasteiger partial charge in [-0.2, -0.15) is 0 Å². The van der Waals surface area contributed by atoms with Gasteiger partial charge in [0.05, 0.1) is 11.4 Å². The molecule has 0 unspecified atom stereocenters. The molecule has 0 aliphatic rings. The number of benzene rings is 8. The van der Waals surface area contributed by atoms with Gasteiger partial charge >= 0.3 is 0 Å². The highest BCUT2D eigenvalue weighted by Crippen LogP contribution is 2.48. The molecule has 51 heavy (non-hydrogen) atoms. The minimum Gasteiger partial charge on any atom is -0.454 e. The van der Waals surface area contributed by atoms with Gasteiger partial charge < -0.3 is 9.32 Å². The minimum absolute atomic E-state index is 0.861. The molecule has 0 fully saturated rings. The van der Waals surface area contributed by atoms with Crippen LogP contribution in [-0.2, 0) is 0 Å². The van der Waals surface area contributed by atoms with Gasteiger partial charge in [-0.1, -0.05) is 146 Å². The van der Waals surface area contributed by atoms with Crippen LogP contribution in [0.4, 0.5) is 17.1 Å². The monoisotopic (exact) mass is 669 g/mol. The summed E-state index contributed by atoms with van der Waals surface area (Å²) >= 11 is 1.86. The number of para-hydroxylation sites is 2. The van der Waals surface area contributed by atoms with Crippen molar-refractivity contribution in [2.45, 2.75) is 0 Å². The Labute approximate surface area is 300 Å². The van der Waals surface area contributed by atoms with E-state index in [2.05, 4.69) is 187 Å². The maximum atomic E-state index is 6.83. The Kier molecular flexibility index (Phi) is 7.04. The predicted octanol–water partition coefficient (Wildman–Crippen LogP) is 14.4. The van der Waals surface area contributed by atoms with Crippen molar-refractivity contribution in [3.63, 3.8) is 0 Å². The Hall–Kier alpha value is -6.42. The lowest BCUT2D eigenvalue weighted by atomic mass is 9.97. The molecule has 2 aromatic heterocycles. The Bertz CT molecular complexity index is 2850. The van der Waals surface area contributed by atoms with Crippen molar-refractivity contribution in [2.75, 3.05) is 4.90 Å². The van der Waals surface area contributed by atoms with E-state index in [-0.39, 0.29) is 0 Å². The van der Waals surface area contributed by atoms with E-state index in [0.717, 1.165) is 61.3 Å². The number of furan rings is 1. The molecule has 240 valence electrons. The smallest absolute Gasteiger partial charge is 0.160 e. The lowest BCUT2D eigenvalue weighted by Gasteiger charge is -2.28. The van der Waals surface area contributed by atoms with Crippen molar-refractivity contribution in [2.24, 2.45) is 0 Å². The van der Waals surface area contributed by atoms with E-state index in [0.29, 0.717) is 0 Å². The van der Waals surface area contributed by atoms with Gasteiger partial charge in [0, 0.05) is 42.2 Å². The summed E-state index contributed by atoms with van der Waals surface area (Å²) in [5, 5.41) is 4.86. The molecule has 10 rings (SSSR count). The summed E-state index contributed by atoms with van der Waals surface area (Å²) in [4.78, 5) is 2.36. The first-order valence-electron chi connectivity index (χ1n) is 17.3. The average Bonchev–Trinajstić information content (AvgIpc) is 3.78. The zero-order valence-corrected chi connectivity index (χ0v) is 28.5. The fourth-order valence-electron chi connectivity index (χ4n) is 7.50. The summed E-state index contributed by atoms with van der Waals surface area (Å²) in [5.41, 5.74) is 11.9. The highest BCUT2D eigenvalue weighted by molar-refractivity contribution is 7.25. The van der Waals surface area contributed by atoms with Crippen LogP contribution >= 0.6 is 11.3 Å². The Morgan fingerprint density at radius 2 is 1.02 bits per heavy atom. The van der Waals surface area contributed by atoms with Gasteiger partial charge in [0.2, 0.25) is 0 Å².